The van der Waals surface area contributed by atoms with E-state index in [1.807, 2.05) is 0 Å². The van der Waals surface area contributed by atoms with Crippen LogP contribution >= 0.6 is 15.9 Å². The van der Waals surface area contributed by atoms with Crippen LogP contribution in [0.5, 0.6) is 11.5 Å². The first-order valence-electron chi connectivity index (χ1n) is 10.2. The Kier molecular flexibility index (Phi) is 5.94. The van der Waals surface area contributed by atoms with Crippen LogP contribution in [0.15, 0.2) is 40.9 Å². The van der Waals surface area contributed by atoms with Crippen LogP contribution in [0.2, 0.25) is 0 Å². The largest absolute Gasteiger partial charge is 0.493 e. The Bertz CT molecular complexity index is 1150. The molecule has 2 aromatic rings. The fraction of sp³-hybridized carbons (Fsp3) is 0.348. The molecule has 2 heterocycles. The third-order valence-corrected chi connectivity index (χ3v) is 7.05. The molecule has 174 valence electrons. The Morgan fingerprint density at radius 1 is 1.18 bits per heavy atom. The number of para-hydroxylation sites is 1. The van der Waals surface area contributed by atoms with Crippen molar-refractivity contribution in [2.45, 2.75) is 18.5 Å². The summed E-state index contributed by atoms with van der Waals surface area (Å²) in [6, 6.07) is 9.33. The maximum atomic E-state index is 13.6. The normalized spacial score (nSPS) is 26.5. The standard InChI is InChI=1S/C23H23BrN2O7/c1-11-6-4-5-7-14(11)26-20(28)16-17(21(26)29)23(10-27,22(30)31)25-18(16)12-8-13(24)19(33-3)15(9-12)32-2/h4-9,16-18,25,27H,10H2,1-3H3,(H,30,31). The van der Waals surface area contributed by atoms with Crippen molar-refractivity contribution in [3.8, 4) is 11.5 Å². The SMILES string of the molecule is COc1cc(C2NC(CO)(C(=O)O)C3C(=O)N(c4ccccc4C)C(=O)C23)cc(Br)c1OC. The van der Waals surface area contributed by atoms with Gasteiger partial charge in [0.2, 0.25) is 11.8 Å². The van der Waals surface area contributed by atoms with Crippen LogP contribution in [0.4, 0.5) is 5.69 Å². The van der Waals surface area contributed by atoms with E-state index in [4.69, 9.17) is 9.47 Å². The van der Waals surface area contributed by atoms with Crippen molar-refractivity contribution in [3.05, 3.63) is 52.0 Å². The molecule has 4 unspecified atom stereocenters. The van der Waals surface area contributed by atoms with Crippen LogP contribution in [-0.4, -0.2) is 54.4 Å². The molecule has 2 aliphatic rings. The lowest BCUT2D eigenvalue weighted by molar-refractivity contribution is -0.150. The minimum Gasteiger partial charge on any atom is -0.493 e. The number of carboxylic acid groups (broad SMARTS) is 1. The maximum absolute atomic E-state index is 13.6. The second kappa shape index (κ2) is 8.44. The van der Waals surface area contributed by atoms with E-state index in [-0.39, 0.29) is 0 Å². The highest BCUT2D eigenvalue weighted by Gasteiger charge is 2.68. The zero-order valence-corrected chi connectivity index (χ0v) is 19.8. The first kappa shape index (κ1) is 23.2. The van der Waals surface area contributed by atoms with Gasteiger partial charge in [0.25, 0.3) is 0 Å². The third-order valence-electron chi connectivity index (χ3n) is 6.46. The molecule has 10 heteroatoms. The summed E-state index contributed by atoms with van der Waals surface area (Å²) in [5.74, 6) is -4.16. The van der Waals surface area contributed by atoms with E-state index in [2.05, 4.69) is 21.2 Å². The average Bonchev–Trinajstić information content (AvgIpc) is 3.28. The number of aliphatic carboxylic acids is 1. The smallest absolute Gasteiger partial charge is 0.327 e. The average molecular weight is 519 g/mol. The molecule has 0 saturated carbocycles. The van der Waals surface area contributed by atoms with Gasteiger partial charge in [0.15, 0.2) is 17.0 Å². The summed E-state index contributed by atoms with van der Waals surface area (Å²) >= 11 is 3.42. The zero-order valence-electron chi connectivity index (χ0n) is 18.2. The highest BCUT2D eigenvalue weighted by atomic mass is 79.9. The number of halogens is 1. The lowest BCUT2D eigenvalue weighted by atomic mass is 9.79. The van der Waals surface area contributed by atoms with Crippen molar-refractivity contribution < 1.29 is 34.1 Å². The van der Waals surface area contributed by atoms with E-state index in [9.17, 15) is 24.6 Å². The van der Waals surface area contributed by atoms with E-state index in [0.717, 1.165) is 4.90 Å². The Morgan fingerprint density at radius 3 is 2.45 bits per heavy atom. The second-order valence-corrected chi connectivity index (χ2v) is 8.95. The van der Waals surface area contributed by atoms with Gasteiger partial charge in [0.1, 0.15) is 0 Å². The molecule has 0 aromatic heterocycles. The first-order chi connectivity index (χ1) is 15.7. The number of anilines is 1. The number of carboxylic acids is 1. The molecule has 4 atom stereocenters. The summed E-state index contributed by atoms with van der Waals surface area (Å²) in [6.45, 7) is 0.900. The molecule has 0 aliphatic carbocycles. The number of benzene rings is 2. The van der Waals surface area contributed by atoms with E-state index in [1.165, 1.54) is 14.2 Å². The van der Waals surface area contributed by atoms with Crippen molar-refractivity contribution >= 4 is 39.4 Å². The number of hydrogen-bond acceptors (Lipinski definition) is 7. The number of aliphatic hydroxyl groups excluding tert-OH is 1. The zero-order chi connectivity index (χ0) is 24.1. The number of ether oxygens (including phenoxy) is 2. The molecule has 2 saturated heterocycles. The Morgan fingerprint density at radius 2 is 1.88 bits per heavy atom. The van der Waals surface area contributed by atoms with Gasteiger partial charge in [-0.05, 0) is 52.2 Å². The number of carbonyl (C=O) groups is 3. The van der Waals surface area contributed by atoms with Crippen molar-refractivity contribution in [1.29, 1.82) is 0 Å². The molecule has 0 spiro atoms. The van der Waals surface area contributed by atoms with Gasteiger partial charge in [0, 0.05) is 6.04 Å². The Balaban J connectivity index is 1.89. The number of amides is 2. The van der Waals surface area contributed by atoms with Crippen LogP contribution in [0.1, 0.15) is 17.2 Å². The lowest BCUT2D eigenvalue weighted by Crippen LogP contribution is -2.58. The number of nitrogens with one attached hydrogen (secondary N) is 1. The Labute approximate surface area is 198 Å². The monoisotopic (exact) mass is 518 g/mol. The van der Waals surface area contributed by atoms with Crippen molar-refractivity contribution in [2.75, 3.05) is 25.7 Å². The number of rotatable bonds is 6. The van der Waals surface area contributed by atoms with E-state index >= 15 is 0 Å². The number of methoxy groups -OCH3 is 2. The highest BCUT2D eigenvalue weighted by Crippen LogP contribution is 2.51. The number of nitrogens with zero attached hydrogens (tertiary/aromatic N) is 1. The van der Waals surface area contributed by atoms with Crippen LogP contribution in [0, 0.1) is 18.8 Å². The Hall–Kier alpha value is -2.95. The predicted molar refractivity (Wildman–Crippen MR) is 121 cm³/mol. The summed E-state index contributed by atoms with van der Waals surface area (Å²) < 4.78 is 11.3. The molecule has 33 heavy (non-hydrogen) atoms. The number of imide groups is 1. The molecule has 3 N–H and O–H groups in total. The topological polar surface area (TPSA) is 125 Å². The van der Waals surface area contributed by atoms with Gasteiger partial charge in [-0.15, -0.1) is 0 Å². The second-order valence-electron chi connectivity index (χ2n) is 8.10. The number of aryl methyl sites for hydroxylation is 1. The van der Waals surface area contributed by atoms with Gasteiger partial charge in [-0.25, -0.2) is 4.90 Å². The fourth-order valence-electron chi connectivity index (χ4n) is 4.87. The summed E-state index contributed by atoms with van der Waals surface area (Å²) in [5, 5.41) is 23.1. The van der Waals surface area contributed by atoms with Crippen LogP contribution < -0.4 is 19.7 Å². The number of hydrogen-bond donors (Lipinski definition) is 3. The van der Waals surface area contributed by atoms with Crippen molar-refractivity contribution in [1.82, 2.24) is 5.32 Å². The highest BCUT2D eigenvalue weighted by molar-refractivity contribution is 9.10. The minimum atomic E-state index is -2.03. The van der Waals surface area contributed by atoms with Crippen LogP contribution in [0.3, 0.4) is 0 Å². The first-order valence-corrected chi connectivity index (χ1v) is 11.0. The molecule has 4 rings (SSSR count). The van der Waals surface area contributed by atoms with Gasteiger partial charge in [-0.2, -0.15) is 0 Å². The maximum Gasteiger partial charge on any atom is 0.327 e. The van der Waals surface area contributed by atoms with Gasteiger partial charge >= 0.3 is 5.97 Å². The van der Waals surface area contributed by atoms with Crippen molar-refractivity contribution in [2.24, 2.45) is 11.8 Å². The number of fused-ring (bicyclic) bond motifs is 1. The summed E-state index contributed by atoms with van der Waals surface area (Å²) in [5.41, 5.74) is -0.424. The molecule has 0 radical (unpaired) electrons. The summed E-state index contributed by atoms with van der Waals surface area (Å²) in [7, 11) is 2.94. The van der Waals surface area contributed by atoms with Crippen LogP contribution in [-0.2, 0) is 14.4 Å². The molecule has 2 amide bonds. The van der Waals surface area contributed by atoms with Gasteiger partial charge in [-0.1, -0.05) is 18.2 Å². The van der Waals surface area contributed by atoms with Crippen LogP contribution in [0.25, 0.3) is 0 Å². The van der Waals surface area contributed by atoms with E-state index in [0.29, 0.717) is 32.8 Å². The molecule has 2 aliphatic heterocycles. The molecular weight excluding hydrogens is 496 g/mol. The van der Waals surface area contributed by atoms with Gasteiger partial charge in [0.05, 0.1) is 42.8 Å². The summed E-state index contributed by atoms with van der Waals surface area (Å²) in [4.78, 5) is 40.6. The minimum absolute atomic E-state index is 0.365. The predicted octanol–water partition coefficient (Wildman–Crippen LogP) is 2.04. The molecule has 0 bridgehead atoms. The number of carbonyl (C=O) groups excluding carboxylic acids is 2. The lowest BCUT2D eigenvalue weighted by Gasteiger charge is -2.29. The molecular formula is C23H23BrN2O7. The molecule has 9 nitrogen and oxygen atoms in total. The van der Waals surface area contributed by atoms with Gasteiger partial charge in [-0.3, -0.25) is 19.7 Å². The fourth-order valence-corrected chi connectivity index (χ4v) is 5.49. The summed E-state index contributed by atoms with van der Waals surface area (Å²) in [6.07, 6.45) is 0. The molecule has 2 aromatic carbocycles. The van der Waals surface area contributed by atoms with E-state index < -0.39 is 47.8 Å². The quantitative estimate of drug-likeness (QED) is 0.496. The molecule has 2 fully saturated rings. The van der Waals surface area contributed by atoms with E-state index in [1.54, 1.807) is 43.3 Å². The van der Waals surface area contributed by atoms with Crippen molar-refractivity contribution in [3.63, 3.8) is 0 Å². The van der Waals surface area contributed by atoms with Gasteiger partial charge < -0.3 is 19.7 Å². The third kappa shape index (κ3) is 3.32. The number of aliphatic hydroxyl groups is 1.